The van der Waals surface area contributed by atoms with Gasteiger partial charge in [-0.2, -0.15) is 0 Å². The lowest BCUT2D eigenvalue weighted by atomic mass is 9.80. The van der Waals surface area contributed by atoms with Crippen LogP contribution in [0.25, 0.3) is 0 Å². The third kappa shape index (κ3) is 1.97. The standard InChI is InChI=1S/C13H23NO2/c1-12(2)7-9-14(10-8-12)13(11(15)16)5-3-4-6-13/h3-10H2,1-2H3,(H,15,16). The number of hydrogen-bond donors (Lipinski definition) is 1. The fraction of sp³-hybridized carbons (Fsp3) is 0.923. The predicted octanol–water partition coefficient (Wildman–Crippen LogP) is 2.51. The molecule has 0 bridgehead atoms. The first-order valence-electron chi connectivity index (χ1n) is 6.45. The van der Waals surface area contributed by atoms with Crippen LogP contribution in [0.15, 0.2) is 0 Å². The molecule has 0 aromatic carbocycles. The van der Waals surface area contributed by atoms with E-state index in [4.69, 9.17) is 0 Å². The Labute approximate surface area is 97.8 Å². The summed E-state index contributed by atoms with van der Waals surface area (Å²) in [5.74, 6) is -0.593. The second kappa shape index (κ2) is 4.02. The zero-order valence-corrected chi connectivity index (χ0v) is 10.5. The molecular weight excluding hydrogens is 202 g/mol. The molecule has 1 saturated carbocycles. The third-order valence-electron chi connectivity index (χ3n) is 4.55. The highest BCUT2D eigenvalue weighted by molar-refractivity contribution is 5.79. The predicted molar refractivity (Wildman–Crippen MR) is 63.4 cm³/mol. The molecule has 2 aliphatic rings. The zero-order chi connectivity index (χ0) is 11.8. The van der Waals surface area contributed by atoms with Crippen molar-refractivity contribution in [3.05, 3.63) is 0 Å². The van der Waals surface area contributed by atoms with Gasteiger partial charge in [0.05, 0.1) is 0 Å². The van der Waals surface area contributed by atoms with E-state index in [2.05, 4.69) is 18.7 Å². The molecule has 0 spiro atoms. The van der Waals surface area contributed by atoms with Gasteiger partial charge >= 0.3 is 5.97 Å². The summed E-state index contributed by atoms with van der Waals surface area (Å²) >= 11 is 0. The Morgan fingerprint density at radius 3 is 2.00 bits per heavy atom. The number of aliphatic carboxylic acids is 1. The topological polar surface area (TPSA) is 40.5 Å². The lowest BCUT2D eigenvalue weighted by Crippen LogP contribution is -2.56. The minimum atomic E-state index is -0.593. The summed E-state index contributed by atoms with van der Waals surface area (Å²) in [6.45, 7) is 6.48. The van der Waals surface area contributed by atoms with Gasteiger partial charge in [0, 0.05) is 0 Å². The molecule has 1 saturated heterocycles. The summed E-state index contributed by atoms with van der Waals surface area (Å²) in [5, 5.41) is 9.50. The van der Waals surface area contributed by atoms with Crippen molar-refractivity contribution in [2.24, 2.45) is 5.41 Å². The average Bonchev–Trinajstić information content (AvgIpc) is 2.67. The van der Waals surface area contributed by atoms with Crippen LogP contribution in [0.4, 0.5) is 0 Å². The van der Waals surface area contributed by atoms with Gasteiger partial charge in [0.15, 0.2) is 0 Å². The van der Waals surface area contributed by atoms with Gasteiger partial charge in [-0.25, -0.2) is 0 Å². The molecule has 3 nitrogen and oxygen atoms in total. The zero-order valence-electron chi connectivity index (χ0n) is 10.5. The molecule has 0 aromatic rings. The molecule has 3 heteroatoms. The molecule has 1 heterocycles. The van der Waals surface area contributed by atoms with Crippen molar-refractivity contribution in [3.63, 3.8) is 0 Å². The van der Waals surface area contributed by atoms with Crippen LogP contribution in [0.3, 0.4) is 0 Å². The van der Waals surface area contributed by atoms with Gasteiger partial charge in [-0.15, -0.1) is 0 Å². The maximum Gasteiger partial charge on any atom is 0.324 e. The Kier molecular flexibility index (Phi) is 2.99. The fourth-order valence-corrected chi connectivity index (χ4v) is 3.17. The van der Waals surface area contributed by atoms with Crippen molar-refractivity contribution < 1.29 is 9.90 Å². The van der Waals surface area contributed by atoms with E-state index in [0.29, 0.717) is 5.41 Å². The number of hydrogen-bond acceptors (Lipinski definition) is 2. The second-order valence-electron chi connectivity index (χ2n) is 6.20. The summed E-state index contributed by atoms with van der Waals surface area (Å²) in [4.78, 5) is 13.8. The van der Waals surface area contributed by atoms with E-state index >= 15 is 0 Å². The lowest BCUT2D eigenvalue weighted by Gasteiger charge is -2.44. The lowest BCUT2D eigenvalue weighted by molar-refractivity contribution is -0.153. The van der Waals surface area contributed by atoms with E-state index in [-0.39, 0.29) is 0 Å². The Morgan fingerprint density at radius 2 is 1.56 bits per heavy atom. The highest BCUT2D eigenvalue weighted by Gasteiger charge is 2.47. The number of likely N-dealkylation sites (tertiary alicyclic amines) is 1. The van der Waals surface area contributed by atoms with Crippen molar-refractivity contribution in [1.29, 1.82) is 0 Å². The van der Waals surface area contributed by atoms with E-state index < -0.39 is 11.5 Å². The Balaban J connectivity index is 2.09. The third-order valence-corrected chi connectivity index (χ3v) is 4.55. The minimum Gasteiger partial charge on any atom is -0.480 e. The number of rotatable bonds is 2. The summed E-state index contributed by atoms with van der Waals surface area (Å²) in [6, 6.07) is 0. The first kappa shape index (κ1) is 11.9. The Morgan fingerprint density at radius 1 is 1.06 bits per heavy atom. The van der Waals surface area contributed by atoms with Crippen LogP contribution >= 0.6 is 0 Å². The summed E-state index contributed by atoms with van der Waals surface area (Å²) in [7, 11) is 0. The second-order valence-corrected chi connectivity index (χ2v) is 6.20. The van der Waals surface area contributed by atoms with Crippen LogP contribution in [-0.4, -0.2) is 34.6 Å². The van der Waals surface area contributed by atoms with Crippen LogP contribution < -0.4 is 0 Å². The number of carboxylic acids is 1. The average molecular weight is 225 g/mol. The van der Waals surface area contributed by atoms with Gasteiger partial charge in [-0.3, -0.25) is 9.69 Å². The quantitative estimate of drug-likeness (QED) is 0.785. The van der Waals surface area contributed by atoms with Crippen LogP contribution in [0, 0.1) is 5.41 Å². The molecule has 0 amide bonds. The van der Waals surface area contributed by atoms with Gasteiger partial charge < -0.3 is 5.11 Å². The van der Waals surface area contributed by atoms with Crippen LogP contribution in [0.5, 0.6) is 0 Å². The van der Waals surface area contributed by atoms with Gasteiger partial charge in [-0.1, -0.05) is 26.7 Å². The van der Waals surface area contributed by atoms with Crippen molar-refractivity contribution >= 4 is 5.97 Å². The first-order chi connectivity index (χ1) is 7.46. The van der Waals surface area contributed by atoms with Gasteiger partial charge in [0.1, 0.15) is 5.54 Å². The number of carbonyl (C=O) groups is 1. The molecule has 0 radical (unpaired) electrons. The van der Waals surface area contributed by atoms with Crippen LogP contribution in [-0.2, 0) is 4.79 Å². The van der Waals surface area contributed by atoms with Gasteiger partial charge in [0.2, 0.25) is 0 Å². The normalized spacial score (nSPS) is 29.1. The van der Waals surface area contributed by atoms with Gasteiger partial charge in [-0.05, 0) is 44.2 Å². The molecule has 1 N–H and O–H groups in total. The van der Waals surface area contributed by atoms with Gasteiger partial charge in [0.25, 0.3) is 0 Å². The summed E-state index contributed by atoms with van der Waals surface area (Å²) in [6.07, 6.45) is 6.11. The molecule has 0 atom stereocenters. The van der Waals surface area contributed by atoms with Crippen molar-refractivity contribution in [2.45, 2.75) is 57.9 Å². The number of nitrogens with zero attached hydrogens (tertiary/aromatic N) is 1. The monoisotopic (exact) mass is 225 g/mol. The molecule has 16 heavy (non-hydrogen) atoms. The molecule has 1 aliphatic carbocycles. The first-order valence-corrected chi connectivity index (χ1v) is 6.45. The molecule has 0 aromatic heterocycles. The van der Waals surface area contributed by atoms with E-state index in [1.54, 1.807) is 0 Å². The molecule has 1 aliphatic heterocycles. The van der Waals surface area contributed by atoms with Crippen LogP contribution in [0.2, 0.25) is 0 Å². The molecule has 92 valence electrons. The van der Waals surface area contributed by atoms with E-state index in [9.17, 15) is 9.90 Å². The van der Waals surface area contributed by atoms with E-state index in [0.717, 1.165) is 51.6 Å². The SMILES string of the molecule is CC1(C)CCN(C2(C(=O)O)CCCC2)CC1. The number of carboxylic acid groups (broad SMARTS) is 1. The van der Waals surface area contributed by atoms with Crippen molar-refractivity contribution in [1.82, 2.24) is 4.90 Å². The summed E-state index contributed by atoms with van der Waals surface area (Å²) in [5.41, 5.74) is -0.120. The maximum absolute atomic E-state index is 11.5. The Bertz CT molecular complexity index is 270. The molecule has 2 rings (SSSR count). The molecule has 2 fully saturated rings. The van der Waals surface area contributed by atoms with Crippen molar-refractivity contribution in [3.8, 4) is 0 Å². The molecular formula is C13H23NO2. The minimum absolute atomic E-state index is 0.398. The number of piperidine rings is 1. The highest BCUT2D eigenvalue weighted by atomic mass is 16.4. The van der Waals surface area contributed by atoms with Crippen molar-refractivity contribution in [2.75, 3.05) is 13.1 Å². The maximum atomic E-state index is 11.5. The van der Waals surface area contributed by atoms with E-state index in [1.165, 1.54) is 0 Å². The fourth-order valence-electron chi connectivity index (χ4n) is 3.17. The smallest absolute Gasteiger partial charge is 0.324 e. The van der Waals surface area contributed by atoms with Crippen LogP contribution in [0.1, 0.15) is 52.4 Å². The van der Waals surface area contributed by atoms with E-state index in [1.807, 2.05) is 0 Å². The Hall–Kier alpha value is -0.570. The largest absolute Gasteiger partial charge is 0.480 e. The summed E-state index contributed by atoms with van der Waals surface area (Å²) < 4.78 is 0. The molecule has 0 unspecified atom stereocenters. The highest BCUT2D eigenvalue weighted by Crippen LogP contribution is 2.40.